The Morgan fingerprint density at radius 3 is 2.63 bits per heavy atom. The Kier molecular flexibility index (Phi) is 5.77. The fraction of sp³-hybridized carbons (Fsp3) is 0.350. The van der Waals surface area contributed by atoms with E-state index in [2.05, 4.69) is 25.6 Å². The number of anilines is 1. The molecule has 1 aliphatic heterocycles. The van der Waals surface area contributed by atoms with E-state index in [1.807, 2.05) is 18.2 Å². The smallest absolute Gasteiger partial charge is 0.360 e. The number of fused-ring (bicyclic) bond motifs is 1. The number of nitrogens with zero attached hydrogens (tertiary/aromatic N) is 4. The lowest BCUT2D eigenvalue weighted by Gasteiger charge is -2.35. The van der Waals surface area contributed by atoms with Crippen LogP contribution in [0.2, 0.25) is 5.02 Å². The Morgan fingerprint density at radius 2 is 1.97 bits per heavy atom. The molecule has 2 aromatic carbocycles. The van der Waals surface area contributed by atoms with E-state index in [4.69, 9.17) is 17.3 Å². The van der Waals surface area contributed by atoms with Gasteiger partial charge in [-0.3, -0.25) is 0 Å². The van der Waals surface area contributed by atoms with Crippen LogP contribution in [-0.4, -0.2) is 39.9 Å². The van der Waals surface area contributed by atoms with Gasteiger partial charge < -0.3 is 16.0 Å². The molecule has 0 saturated carbocycles. The average molecular weight is 437 g/mol. The van der Waals surface area contributed by atoms with E-state index >= 15 is 0 Å². The number of hydrogen-bond acceptors (Lipinski definition) is 6. The van der Waals surface area contributed by atoms with Gasteiger partial charge in [-0.15, -0.1) is 10.2 Å². The first-order chi connectivity index (χ1) is 14.4. The Labute approximate surface area is 176 Å². The minimum Gasteiger partial charge on any atom is -0.360 e. The van der Waals surface area contributed by atoms with Crippen LogP contribution in [0.1, 0.15) is 29.2 Å². The third-order valence-corrected chi connectivity index (χ3v) is 5.61. The first kappa shape index (κ1) is 20.8. The van der Waals surface area contributed by atoms with Crippen LogP contribution in [0.15, 0.2) is 36.4 Å². The van der Waals surface area contributed by atoms with Crippen molar-refractivity contribution in [3.63, 3.8) is 0 Å². The van der Waals surface area contributed by atoms with Crippen molar-refractivity contribution in [2.75, 3.05) is 25.0 Å². The number of rotatable bonds is 6. The molecule has 10 heteroatoms. The number of halogens is 4. The van der Waals surface area contributed by atoms with E-state index in [0.29, 0.717) is 35.4 Å². The first-order valence-corrected chi connectivity index (χ1v) is 9.91. The number of nitrogens with two attached hydrogens (primary N) is 1. The van der Waals surface area contributed by atoms with Crippen molar-refractivity contribution < 1.29 is 13.2 Å². The molecule has 0 spiro atoms. The summed E-state index contributed by atoms with van der Waals surface area (Å²) in [7, 11) is 0. The summed E-state index contributed by atoms with van der Waals surface area (Å²) < 4.78 is 40.2. The summed E-state index contributed by atoms with van der Waals surface area (Å²) in [6.45, 7) is 2.62. The van der Waals surface area contributed by atoms with Crippen molar-refractivity contribution >= 4 is 28.3 Å². The predicted octanol–water partition coefficient (Wildman–Crippen LogP) is 4.01. The molecule has 1 aromatic heterocycles. The zero-order valence-electron chi connectivity index (χ0n) is 16.0. The summed E-state index contributed by atoms with van der Waals surface area (Å²) in [4.78, 5) is 2.17. The lowest BCUT2D eigenvalue weighted by molar-refractivity contribution is -0.137. The van der Waals surface area contributed by atoms with E-state index in [-0.39, 0.29) is 5.02 Å². The normalized spacial score (nSPS) is 15.8. The summed E-state index contributed by atoms with van der Waals surface area (Å²) in [6.07, 6.45) is -3.47. The molecular formula is C20H20ClF3N6. The lowest BCUT2D eigenvalue weighted by Crippen LogP contribution is -2.41. The number of benzene rings is 2. The standard InChI is InChI=1S/C20H20ClF3N6/c21-16-6-5-12(9-15(16)20(22,23)24)17(11-30-7-2-8-30)26-19-14-4-1-3-13(10-25)18(14)27-29-28-19/h1,3-6,9,17H,2,7-8,10-11,25H2,(H,26,27,28)/t17-/m1/s1. The van der Waals surface area contributed by atoms with E-state index < -0.39 is 17.8 Å². The summed E-state index contributed by atoms with van der Waals surface area (Å²) in [5.74, 6) is 0.448. The van der Waals surface area contributed by atoms with Crippen molar-refractivity contribution in [3.8, 4) is 0 Å². The summed E-state index contributed by atoms with van der Waals surface area (Å²) in [6, 6.07) is 9.08. The first-order valence-electron chi connectivity index (χ1n) is 9.53. The quantitative estimate of drug-likeness (QED) is 0.607. The Bertz CT molecular complexity index is 1050. The summed E-state index contributed by atoms with van der Waals surface area (Å²) >= 11 is 5.81. The van der Waals surface area contributed by atoms with Gasteiger partial charge in [0.1, 0.15) is 5.52 Å². The topological polar surface area (TPSA) is 80.0 Å². The van der Waals surface area contributed by atoms with Crippen LogP contribution < -0.4 is 11.1 Å². The second-order valence-electron chi connectivity index (χ2n) is 7.24. The van der Waals surface area contributed by atoms with Crippen LogP contribution in [0.4, 0.5) is 19.0 Å². The van der Waals surface area contributed by atoms with Crippen molar-refractivity contribution in [2.24, 2.45) is 5.73 Å². The molecule has 2 heterocycles. The molecule has 30 heavy (non-hydrogen) atoms. The zero-order valence-corrected chi connectivity index (χ0v) is 16.7. The van der Waals surface area contributed by atoms with Gasteiger partial charge in [-0.05, 0) is 54.0 Å². The second kappa shape index (κ2) is 8.33. The number of hydrogen-bond donors (Lipinski definition) is 2. The molecule has 0 bridgehead atoms. The molecule has 3 N–H and O–H groups in total. The highest BCUT2D eigenvalue weighted by molar-refractivity contribution is 6.31. The van der Waals surface area contributed by atoms with Crippen LogP contribution in [0.3, 0.4) is 0 Å². The highest BCUT2D eigenvalue weighted by Crippen LogP contribution is 2.37. The van der Waals surface area contributed by atoms with Gasteiger partial charge in [0.2, 0.25) is 0 Å². The monoisotopic (exact) mass is 436 g/mol. The fourth-order valence-corrected chi connectivity index (χ4v) is 3.76. The van der Waals surface area contributed by atoms with E-state index in [9.17, 15) is 13.2 Å². The molecule has 4 rings (SSSR count). The molecule has 0 aliphatic carbocycles. The Hall–Kier alpha value is -2.49. The molecule has 1 saturated heterocycles. The number of aromatic nitrogens is 3. The maximum atomic E-state index is 13.4. The summed E-state index contributed by atoms with van der Waals surface area (Å²) in [5, 5.41) is 15.7. The number of alkyl halides is 3. The third-order valence-electron chi connectivity index (χ3n) is 5.28. The van der Waals surface area contributed by atoms with Crippen LogP contribution in [0, 0.1) is 0 Å². The van der Waals surface area contributed by atoms with Crippen LogP contribution in [0.5, 0.6) is 0 Å². The van der Waals surface area contributed by atoms with Crippen molar-refractivity contribution in [2.45, 2.75) is 25.2 Å². The van der Waals surface area contributed by atoms with Gasteiger partial charge in [-0.25, -0.2) is 0 Å². The van der Waals surface area contributed by atoms with Gasteiger partial charge in [-0.2, -0.15) is 13.2 Å². The molecule has 0 radical (unpaired) electrons. The molecule has 1 atom stereocenters. The maximum absolute atomic E-state index is 13.4. The number of nitrogens with one attached hydrogen (secondary N) is 1. The van der Waals surface area contributed by atoms with Crippen molar-refractivity contribution in [1.29, 1.82) is 0 Å². The summed E-state index contributed by atoms with van der Waals surface area (Å²) in [5.41, 5.74) is 6.84. The molecule has 1 aliphatic rings. The highest BCUT2D eigenvalue weighted by Gasteiger charge is 2.34. The SMILES string of the molecule is NCc1cccc2c(N[C@H](CN3CCC3)c3ccc(Cl)c(C(F)(F)F)c3)nnnc12. The van der Waals surface area contributed by atoms with Crippen LogP contribution >= 0.6 is 11.6 Å². The van der Waals surface area contributed by atoms with Gasteiger partial charge in [0.15, 0.2) is 5.82 Å². The Balaban J connectivity index is 1.73. The minimum absolute atomic E-state index is 0.290. The lowest BCUT2D eigenvalue weighted by atomic mass is 10.0. The van der Waals surface area contributed by atoms with E-state index in [1.54, 1.807) is 6.07 Å². The average Bonchev–Trinajstić information content (AvgIpc) is 2.69. The van der Waals surface area contributed by atoms with E-state index in [1.165, 1.54) is 6.07 Å². The van der Waals surface area contributed by atoms with Gasteiger partial charge in [-0.1, -0.05) is 29.8 Å². The molecule has 1 fully saturated rings. The molecule has 0 unspecified atom stereocenters. The second-order valence-corrected chi connectivity index (χ2v) is 7.65. The third kappa shape index (κ3) is 4.19. The fourth-order valence-electron chi connectivity index (χ4n) is 3.54. The van der Waals surface area contributed by atoms with Crippen LogP contribution in [-0.2, 0) is 12.7 Å². The van der Waals surface area contributed by atoms with Gasteiger partial charge >= 0.3 is 6.18 Å². The largest absolute Gasteiger partial charge is 0.417 e. The molecule has 3 aromatic rings. The minimum atomic E-state index is -4.53. The van der Waals surface area contributed by atoms with Crippen molar-refractivity contribution in [1.82, 2.24) is 20.3 Å². The van der Waals surface area contributed by atoms with Gasteiger partial charge in [0, 0.05) is 18.5 Å². The highest BCUT2D eigenvalue weighted by atomic mass is 35.5. The van der Waals surface area contributed by atoms with Crippen molar-refractivity contribution in [3.05, 3.63) is 58.1 Å². The Morgan fingerprint density at radius 1 is 1.17 bits per heavy atom. The predicted molar refractivity (Wildman–Crippen MR) is 109 cm³/mol. The van der Waals surface area contributed by atoms with Gasteiger partial charge in [0.05, 0.1) is 16.6 Å². The molecular weight excluding hydrogens is 417 g/mol. The molecule has 158 valence electrons. The van der Waals surface area contributed by atoms with Gasteiger partial charge in [0.25, 0.3) is 0 Å². The van der Waals surface area contributed by atoms with E-state index in [0.717, 1.165) is 31.1 Å². The van der Waals surface area contributed by atoms with Crippen LogP contribution in [0.25, 0.3) is 10.9 Å². The molecule has 6 nitrogen and oxygen atoms in total. The molecule has 0 amide bonds. The number of likely N-dealkylation sites (tertiary alicyclic amines) is 1. The zero-order chi connectivity index (χ0) is 21.3. The maximum Gasteiger partial charge on any atom is 0.417 e.